The minimum atomic E-state index is -0.906. The summed E-state index contributed by atoms with van der Waals surface area (Å²) in [5.74, 6) is 0.0639. The van der Waals surface area contributed by atoms with Crippen molar-refractivity contribution in [3.63, 3.8) is 0 Å². The van der Waals surface area contributed by atoms with Gasteiger partial charge in [0.1, 0.15) is 4.83 Å². The maximum absolute atomic E-state index is 13.6. The third-order valence-corrected chi connectivity index (χ3v) is 7.41. The van der Waals surface area contributed by atoms with Crippen molar-refractivity contribution < 1.29 is 9.59 Å². The fourth-order valence-electron chi connectivity index (χ4n) is 3.69. The smallest absolute Gasteiger partial charge is 0.318 e. The van der Waals surface area contributed by atoms with Gasteiger partial charge in [-0.05, 0) is 49.8 Å². The second kappa shape index (κ2) is 8.23. The third kappa shape index (κ3) is 3.87. The van der Waals surface area contributed by atoms with Crippen LogP contribution < -0.4 is 16.6 Å². The monoisotopic (exact) mass is 442 g/mol. The van der Waals surface area contributed by atoms with Crippen molar-refractivity contribution in [1.82, 2.24) is 14.9 Å². The van der Waals surface area contributed by atoms with Crippen LogP contribution in [0.15, 0.2) is 40.3 Å². The molecule has 3 amide bonds. The number of rotatable bonds is 4. The molecule has 0 bridgehead atoms. The lowest BCUT2D eigenvalue weighted by Gasteiger charge is -2.18. The molecule has 2 aromatic heterocycles. The number of urea groups is 1. The molecule has 0 radical (unpaired) electrons. The largest absolute Gasteiger partial charge is 0.351 e. The van der Waals surface area contributed by atoms with Crippen molar-refractivity contribution >= 4 is 45.3 Å². The normalized spacial score (nSPS) is 16.8. The number of nitrogens with one attached hydrogen (secondary N) is 1. The van der Waals surface area contributed by atoms with E-state index in [0.29, 0.717) is 27.0 Å². The lowest BCUT2D eigenvalue weighted by Crippen LogP contribution is -2.39. The summed E-state index contributed by atoms with van der Waals surface area (Å²) in [5.41, 5.74) is 6.74. The van der Waals surface area contributed by atoms with Gasteiger partial charge in [0.25, 0.3) is 5.56 Å². The predicted molar refractivity (Wildman–Crippen MR) is 119 cm³/mol. The molecule has 0 saturated carbocycles. The molecule has 7 nitrogen and oxygen atoms in total. The number of fused-ring (bicyclic) bond motifs is 3. The number of aryl methyl sites for hydroxylation is 1. The average molecular weight is 443 g/mol. The Labute approximate surface area is 181 Å². The molecule has 3 aromatic rings. The quantitative estimate of drug-likeness (QED) is 0.476. The first-order chi connectivity index (χ1) is 14.3. The molecule has 156 valence electrons. The Morgan fingerprint density at radius 1 is 1.33 bits per heavy atom. The first-order valence-corrected chi connectivity index (χ1v) is 11.4. The fraction of sp³-hybridized carbons (Fsp3) is 0.333. The summed E-state index contributed by atoms with van der Waals surface area (Å²) < 4.78 is 1.56. The number of carbonyl (C=O) groups is 2. The molecule has 30 heavy (non-hydrogen) atoms. The summed E-state index contributed by atoms with van der Waals surface area (Å²) in [6.45, 7) is 3.87. The van der Waals surface area contributed by atoms with Crippen LogP contribution >= 0.6 is 23.1 Å². The van der Waals surface area contributed by atoms with Crippen LogP contribution in [-0.4, -0.2) is 26.7 Å². The van der Waals surface area contributed by atoms with E-state index in [9.17, 15) is 14.4 Å². The number of amides is 3. The lowest BCUT2D eigenvalue weighted by atomic mass is 9.89. The first kappa shape index (κ1) is 20.6. The van der Waals surface area contributed by atoms with Crippen molar-refractivity contribution in [2.24, 2.45) is 11.7 Å². The van der Waals surface area contributed by atoms with Gasteiger partial charge in [-0.1, -0.05) is 36.9 Å². The molecule has 0 fully saturated rings. The van der Waals surface area contributed by atoms with E-state index in [4.69, 9.17) is 10.7 Å². The highest BCUT2D eigenvalue weighted by molar-refractivity contribution is 8.00. The second-order valence-corrected chi connectivity index (χ2v) is 9.91. The Bertz CT molecular complexity index is 1190. The zero-order chi connectivity index (χ0) is 21.4. The van der Waals surface area contributed by atoms with Gasteiger partial charge in [-0.3, -0.25) is 19.5 Å². The van der Waals surface area contributed by atoms with Crippen molar-refractivity contribution in [3.8, 4) is 5.69 Å². The van der Waals surface area contributed by atoms with Crippen molar-refractivity contribution in [2.45, 2.75) is 43.5 Å². The van der Waals surface area contributed by atoms with Crippen LogP contribution in [0.5, 0.6) is 0 Å². The Morgan fingerprint density at radius 2 is 2.07 bits per heavy atom. The number of thioether (sulfide) groups is 1. The number of thiophene rings is 1. The Balaban J connectivity index is 1.87. The van der Waals surface area contributed by atoms with Crippen molar-refractivity contribution in [2.75, 3.05) is 0 Å². The van der Waals surface area contributed by atoms with Gasteiger partial charge >= 0.3 is 6.03 Å². The van der Waals surface area contributed by atoms with Crippen LogP contribution in [0, 0.1) is 5.92 Å². The van der Waals surface area contributed by atoms with E-state index in [0.717, 1.165) is 36.6 Å². The molecule has 0 saturated heterocycles. The molecule has 1 aromatic carbocycles. The van der Waals surface area contributed by atoms with Gasteiger partial charge in [-0.25, -0.2) is 9.78 Å². The molecular weight excluding hydrogens is 420 g/mol. The van der Waals surface area contributed by atoms with E-state index in [1.807, 2.05) is 30.3 Å². The molecule has 1 aliphatic carbocycles. The molecule has 2 unspecified atom stereocenters. The van der Waals surface area contributed by atoms with Gasteiger partial charge in [-0.2, -0.15) is 0 Å². The first-order valence-electron chi connectivity index (χ1n) is 9.74. The Morgan fingerprint density at radius 3 is 2.77 bits per heavy atom. The van der Waals surface area contributed by atoms with Crippen LogP contribution in [0.4, 0.5) is 4.79 Å². The zero-order valence-corrected chi connectivity index (χ0v) is 18.3. The second-order valence-electron chi connectivity index (χ2n) is 7.52. The van der Waals surface area contributed by atoms with Crippen LogP contribution in [0.2, 0.25) is 0 Å². The zero-order valence-electron chi connectivity index (χ0n) is 16.7. The van der Waals surface area contributed by atoms with Gasteiger partial charge in [0.05, 0.1) is 16.3 Å². The summed E-state index contributed by atoms with van der Waals surface area (Å²) >= 11 is 2.70. The van der Waals surface area contributed by atoms with Crippen molar-refractivity contribution in [1.29, 1.82) is 0 Å². The topological polar surface area (TPSA) is 107 Å². The highest BCUT2D eigenvalue weighted by atomic mass is 32.2. The van der Waals surface area contributed by atoms with Gasteiger partial charge < -0.3 is 5.73 Å². The standard InChI is InChI=1S/C21H22N4O3S2/c1-11-8-9-14-15(10-11)30-18-16(14)19(27)25(13-6-4-3-5-7-13)21(24-18)29-12(2)17(26)23-20(22)28/h3-7,11-12H,8-10H2,1-2H3,(H3,22,23,26,28). The van der Waals surface area contributed by atoms with E-state index in [2.05, 4.69) is 12.2 Å². The molecule has 9 heteroatoms. The van der Waals surface area contributed by atoms with E-state index in [1.54, 1.807) is 22.8 Å². The SMILES string of the molecule is CC1CCc2c(sc3nc(SC(C)C(=O)NC(N)=O)n(-c4ccccc4)c(=O)c23)C1. The van der Waals surface area contributed by atoms with Crippen LogP contribution in [0.3, 0.4) is 0 Å². The van der Waals surface area contributed by atoms with Crippen LogP contribution in [0.25, 0.3) is 15.9 Å². The molecule has 3 N–H and O–H groups in total. The molecule has 2 heterocycles. The molecule has 0 aliphatic heterocycles. The van der Waals surface area contributed by atoms with Crippen LogP contribution in [-0.2, 0) is 17.6 Å². The number of hydrogen-bond donors (Lipinski definition) is 2. The van der Waals surface area contributed by atoms with Gasteiger partial charge in [-0.15, -0.1) is 11.3 Å². The van der Waals surface area contributed by atoms with E-state index in [-0.39, 0.29) is 5.56 Å². The number of para-hydroxylation sites is 1. The van der Waals surface area contributed by atoms with Crippen molar-refractivity contribution in [3.05, 3.63) is 51.1 Å². The van der Waals surface area contributed by atoms with E-state index >= 15 is 0 Å². The predicted octanol–water partition coefficient (Wildman–Crippen LogP) is 3.25. The minimum absolute atomic E-state index is 0.122. The molecule has 4 rings (SSSR count). The number of carbonyl (C=O) groups excluding carboxylic acids is 2. The Hall–Kier alpha value is -2.65. The highest BCUT2D eigenvalue weighted by Gasteiger charge is 2.26. The third-order valence-electron chi connectivity index (χ3n) is 5.21. The maximum Gasteiger partial charge on any atom is 0.318 e. The summed E-state index contributed by atoms with van der Waals surface area (Å²) in [6.07, 6.45) is 2.90. The summed E-state index contributed by atoms with van der Waals surface area (Å²) in [6, 6.07) is 8.37. The molecule has 1 aliphatic rings. The number of nitrogens with two attached hydrogens (primary N) is 1. The molecule has 2 atom stereocenters. The summed E-state index contributed by atoms with van der Waals surface area (Å²) in [4.78, 5) is 43.6. The fourth-order valence-corrected chi connectivity index (χ4v) is 6.04. The minimum Gasteiger partial charge on any atom is -0.351 e. The van der Waals surface area contributed by atoms with Crippen LogP contribution in [0.1, 0.15) is 30.7 Å². The average Bonchev–Trinajstić information content (AvgIpc) is 3.05. The number of benzene rings is 1. The Kier molecular flexibility index (Phi) is 5.66. The number of hydrogen-bond acceptors (Lipinski definition) is 6. The highest BCUT2D eigenvalue weighted by Crippen LogP contribution is 2.37. The lowest BCUT2D eigenvalue weighted by molar-refractivity contribution is -0.119. The van der Waals surface area contributed by atoms with Gasteiger partial charge in [0, 0.05) is 4.88 Å². The maximum atomic E-state index is 13.6. The van der Waals surface area contributed by atoms with E-state index in [1.165, 1.54) is 4.88 Å². The number of primary amides is 1. The molecule has 0 spiro atoms. The summed E-state index contributed by atoms with van der Waals surface area (Å²) in [5, 5.41) is 2.52. The van der Waals surface area contributed by atoms with E-state index < -0.39 is 17.2 Å². The van der Waals surface area contributed by atoms with Gasteiger partial charge in [0.2, 0.25) is 5.91 Å². The number of nitrogens with zero attached hydrogens (tertiary/aromatic N) is 2. The summed E-state index contributed by atoms with van der Waals surface area (Å²) in [7, 11) is 0. The van der Waals surface area contributed by atoms with Gasteiger partial charge in [0.15, 0.2) is 5.16 Å². The number of aromatic nitrogens is 2. The number of imide groups is 1. The molecular formula is C21H22N4O3S2.